The van der Waals surface area contributed by atoms with Gasteiger partial charge in [-0.15, -0.1) is 0 Å². The molecule has 1 fully saturated rings. The van der Waals surface area contributed by atoms with Crippen LogP contribution in [0.25, 0.3) is 0 Å². The Morgan fingerprint density at radius 1 is 1.50 bits per heavy atom. The Labute approximate surface area is 86.8 Å². The topological polar surface area (TPSA) is 41.5 Å². The van der Waals surface area contributed by atoms with E-state index in [4.69, 9.17) is 9.84 Å². The standard InChI is InChI=1S/C11H23NO2/c1-3-14-11-6-10(7-11)12-8-9(2)4-5-13/h9-13H,3-8H2,1-2H3. The number of hydrogen-bond acceptors (Lipinski definition) is 3. The van der Waals surface area contributed by atoms with Crippen LogP contribution in [0.5, 0.6) is 0 Å². The van der Waals surface area contributed by atoms with Crippen LogP contribution in [-0.4, -0.2) is 37.0 Å². The molecule has 3 heteroatoms. The Bertz CT molecular complexity index is 146. The zero-order chi connectivity index (χ0) is 10.4. The Morgan fingerprint density at radius 3 is 2.79 bits per heavy atom. The SMILES string of the molecule is CCOC1CC(NCC(C)CCO)C1. The summed E-state index contributed by atoms with van der Waals surface area (Å²) in [6.07, 6.45) is 3.69. The van der Waals surface area contributed by atoms with Crippen molar-refractivity contribution in [1.29, 1.82) is 0 Å². The average molecular weight is 201 g/mol. The summed E-state index contributed by atoms with van der Waals surface area (Å²) in [5.41, 5.74) is 0. The van der Waals surface area contributed by atoms with Gasteiger partial charge >= 0.3 is 0 Å². The lowest BCUT2D eigenvalue weighted by Gasteiger charge is -2.36. The Kier molecular flexibility index (Phi) is 5.45. The molecule has 0 radical (unpaired) electrons. The third kappa shape index (κ3) is 3.95. The number of hydrogen-bond donors (Lipinski definition) is 2. The molecule has 1 unspecified atom stereocenters. The van der Waals surface area contributed by atoms with E-state index in [0.717, 1.165) is 32.4 Å². The van der Waals surface area contributed by atoms with Gasteiger partial charge in [-0.3, -0.25) is 0 Å². The first-order valence-corrected chi connectivity index (χ1v) is 5.72. The third-order valence-electron chi connectivity index (χ3n) is 2.87. The third-order valence-corrected chi connectivity index (χ3v) is 2.87. The summed E-state index contributed by atoms with van der Waals surface area (Å²) >= 11 is 0. The van der Waals surface area contributed by atoms with E-state index < -0.39 is 0 Å². The smallest absolute Gasteiger partial charge is 0.0604 e. The summed E-state index contributed by atoms with van der Waals surface area (Å²) in [7, 11) is 0. The molecule has 2 N–H and O–H groups in total. The molecule has 14 heavy (non-hydrogen) atoms. The molecule has 0 spiro atoms. The molecule has 0 aromatic carbocycles. The van der Waals surface area contributed by atoms with Gasteiger partial charge < -0.3 is 15.2 Å². The minimum Gasteiger partial charge on any atom is -0.396 e. The molecule has 1 aliphatic carbocycles. The van der Waals surface area contributed by atoms with Crippen molar-refractivity contribution < 1.29 is 9.84 Å². The quantitative estimate of drug-likeness (QED) is 0.649. The molecule has 0 aliphatic heterocycles. The monoisotopic (exact) mass is 201 g/mol. The molecule has 1 saturated carbocycles. The van der Waals surface area contributed by atoms with Crippen LogP contribution in [0.2, 0.25) is 0 Å². The highest BCUT2D eigenvalue weighted by Gasteiger charge is 2.28. The van der Waals surface area contributed by atoms with Crippen LogP contribution < -0.4 is 5.32 Å². The number of aliphatic hydroxyl groups is 1. The first kappa shape index (κ1) is 12.0. The zero-order valence-corrected chi connectivity index (χ0v) is 9.33. The lowest BCUT2D eigenvalue weighted by Crippen LogP contribution is -2.46. The summed E-state index contributed by atoms with van der Waals surface area (Å²) in [6.45, 7) is 6.36. The van der Waals surface area contributed by atoms with Gasteiger partial charge in [-0.2, -0.15) is 0 Å². The molecule has 0 aromatic rings. The molecule has 0 saturated heterocycles. The van der Waals surface area contributed by atoms with Gasteiger partial charge in [0.15, 0.2) is 0 Å². The number of ether oxygens (including phenoxy) is 1. The van der Waals surface area contributed by atoms with Crippen LogP contribution >= 0.6 is 0 Å². The van der Waals surface area contributed by atoms with E-state index in [-0.39, 0.29) is 0 Å². The first-order chi connectivity index (χ1) is 6.76. The lowest BCUT2D eigenvalue weighted by molar-refractivity contribution is -0.0106. The average Bonchev–Trinajstić information content (AvgIpc) is 2.09. The summed E-state index contributed by atoms with van der Waals surface area (Å²) < 4.78 is 5.48. The van der Waals surface area contributed by atoms with Gasteiger partial charge in [0.2, 0.25) is 0 Å². The van der Waals surface area contributed by atoms with Crippen molar-refractivity contribution in [3.63, 3.8) is 0 Å². The van der Waals surface area contributed by atoms with Crippen molar-refractivity contribution in [3.8, 4) is 0 Å². The molecule has 1 atom stereocenters. The van der Waals surface area contributed by atoms with Crippen molar-refractivity contribution in [1.82, 2.24) is 5.32 Å². The van der Waals surface area contributed by atoms with E-state index in [1.165, 1.54) is 0 Å². The molecule has 3 nitrogen and oxygen atoms in total. The van der Waals surface area contributed by atoms with E-state index in [1.807, 2.05) is 6.92 Å². The minimum absolute atomic E-state index is 0.301. The predicted molar refractivity (Wildman–Crippen MR) is 57.3 cm³/mol. The fourth-order valence-electron chi connectivity index (χ4n) is 1.79. The first-order valence-electron chi connectivity index (χ1n) is 5.72. The van der Waals surface area contributed by atoms with Gasteiger partial charge in [0.1, 0.15) is 0 Å². The molecule has 84 valence electrons. The zero-order valence-electron chi connectivity index (χ0n) is 9.33. The molecule has 1 rings (SSSR count). The Morgan fingerprint density at radius 2 is 2.21 bits per heavy atom. The molecule has 0 amide bonds. The summed E-state index contributed by atoms with van der Waals surface area (Å²) in [5, 5.41) is 12.2. The van der Waals surface area contributed by atoms with Gasteiger partial charge in [-0.25, -0.2) is 0 Å². The van der Waals surface area contributed by atoms with Crippen LogP contribution in [0.3, 0.4) is 0 Å². The van der Waals surface area contributed by atoms with Gasteiger partial charge in [0.25, 0.3) is 0 Å². The molecule has 1 aliphatic rings. The molecule has 0 bridgehead atoms. The van der Waals surface area contributed by atoms with E-state index in [1.54, 1.807) is 0 Å². The fourth-order valence-corrected chi connectivity index (χ4v) is 1.79. The van der Waals surface area contributed by atoms with Gasteiger partial charge in [0.05, 0.1) is 6.10 Å². The van der Waals surface area contributed by atoms with Gasteiger partial charge in [-0.1, -0.05) is 6.92 Å². The van der Waals surface area contributed by atoms with E-state index in [2.05, 4.69) is 12.2 Å². The number of aliphatic hydroxyl groups excluding tert-OH is 1. The predicted octanol–water partition coefficient (Wildman–Crippen LogP) is 1.16. The fraction of sp³-hybridized carbons (Fsp3) is 1.00. The van der Waals surface area contributed by atoms with Crippen molar-refractivity contribution in [2.45, 2.75) is 45.3 Å². The molecular formula is C11H23NO2. The van der Waals surface area contributed by atoms with E-state index in [9.17, 15) is 0 Å². The van der Waals surface area contributed by atoms with Gasteiger partial charge in [0, 0.05) is 19.3 Å². The molecule has 0 aromatic heterocycles. The van der Waals surface area contributed by atoms with Crippen molar-refractivity contribution >= 4 is 0 Å². The molecule has 0 heterocycles. The summed E-state index contributed by atoms with van der Waals surface area (Å²) in [5.74, 6) is 0.575. The second kappa shape index (κ2) is 6.38. The van der Waals surface area contributed by atoms with E-state index in [0.29, 0.717) is 24.7 Å². The Hall–Kier alpha value is -0.120. The second-order valence-corrected chi connectivity index (χ2v) is 4.27. The van der Waals surface area contributed by atoms with Crippen LogP contribution in [0.15, 0.2) is 0 Å². The number of nitrogens with one attached hydrogen (secondary N) is 1. The summed E-state index contributed by atoms with van der Waals surface area (Å²) in [6, 6.07) is 0.646. The lowest BCUT2D eigenvalue weighted by atomic mass is 9.89. The minimum atomic E-state index is 0.301. The number of rotatable bonds is 7. The maximum atomic E-state index is 8.74. The van der Waals surface area contributed by atoms with Crippen molar-refractivity contribution in [2.75, 3.05) is 19.8 Å². The molecular weight excluding hydrogens is 178 g/mol. The maximum absolute atomic E-state index is 8.74. The highest BCUT2D eigenvalue weighted by molar-refractivity contribution is 4.86. The van der Waals surface area contributed by atoms with Gasteiger partial charge in [-0.05, 0) is 38.6 Å². The van der Waals surface area contributed by atoms with Crippen molar-refractivity contribution in [3.05, 3.63) is 0 Å². The maximum Gasteiger partial charge on any atom is 0.0604 e. The van der Waals surface area contributed by atoms with Crippen molar-refractivity contribution in [2.24, 2.45) is 5.92 Å². The highest BCUT2D eigenvalue weighted by Crippen LogP contribution is 2.23. The summed E-state index contributed by atoms with van der Waals surface area (Å²) in [4.78, 5) is 0. The van der Waals surface area contributed by atoms with Crippen LogP contribution in [0.4, 0.5) is 0 Å². The highest BCUT2D eigenvalue weighted by atomic mass is 16.5. The largest absolute Gasteiger partial charge is 0.396 e. The van der Waals surface area contributed by atoms with Crippen LogP contribution in [-0.2, 0) is 4.74 Å². The van der Waals surface area contributed by atoms with Crippen LogP contribution in [0, 0.1) is 5.92 Å². The Balaban J connectivity index is 1.95. The normalized spacial score (nSPS) is 28.5. The van der Waals surface area contributed by atoms with E-state index >= 15 is 0 Å². The van der Waals surface area contributed by atoms with Crippen LogP contribution in [0.1, 0.15) is 33.1 Å². The second-order valence-electron chi connectivity index (χ2n) is 4.27.